The molecule has 1 heterocycles. The minimum absolute atomic E-state index is 0.586. The minimum atomic E-state index is 0.586. The predicted molar refractivity (Wildman–Crippen MR) is 66.4 cm³/mol. The molecule has 1 aromatic heterocycles. The smallest absolute Gasteiger partial charge is 0.123 e. The molecule has 0 aliphatic heterocycles. The van der Waals surface area contributed by atoms with Crippen LogP contribution in [0.4, 0.5) is 0 Å². The molecular weight excluding hydrogens is 214 g/mol. The standard InChI is InChI=1S/C14H17NO2/c1-15-9-14-13(7-8-17-14)11-16-10-12-5-3-2-4-6-12/h2-8,15H,9-11H2,1H3. The fourth-order valence-electron chi connectivity index (χ4n) is 1.66. The van der Waals surface area contributed by atoms with Crippen molar-refractivity contribution in [3.05, 3.63) is 59.5 Å². The molecule has 1 N–H and O–H groups in total. The molecule has 0 saturated carbocycles. The van der Waals surface area contributed by atoms with Gasteiger partial charge < -0.3 is 14.5 Å². The van der Waals surface area contributed by atoms with Gasteiger partial charge in [-0.25, -0.2) is 0 Å². The van der Waals surface area contributed by atoms with Gasteiger partial charge in [0.2, 0.25) is 0 Å². The molecule has 0 aliphatic carbocycles. The van der Waals surface area contributed by atoms with Crippen LogP contribution >= 0.6 is 0 Å². The van der Waals surface area contributed by atoms with Crippen LogP contribution in [0, 0.1) is 0 Å². The molecule has 2 rings (SSSR count). The van der Waals surface area contributed by atoms with Crippen LogP contribution in [0.2, 0.25) is 0 Å². The van der Waals surface area contributed by atoms with E-state index in [1.165, 1.54) is 5.56 Å². The average Bonchev–Trinajstić information content (AvgIpc) is 2.79. The Morgan fingerprint density at radius 2 is 1.94 bits per heavy atom. The molecule has 2 aromatic rings. The van der Waals surface area contributed by atoms with Gasteiger partial charge in [-0.1, -0.05) is 30.3 Å². The molecule has 0 aliphatic rings. The van der Waals surface area contributed by atoms with Gasteiger partial charge in [0, 0.05) is 5.56 Å². The zero-order valence-electron chi connectivity index (χ0n) is 9.98. The van der Waals surface area contributed by atoms with E-state index in [9.17, 15) is 0 Å². The maximum Gasteiger partial charge on any atom is 0.123 e. The first-order chi connectivity index (χ1) is 8.40. The number of nitrogens with one attached hydrogen (secondary N) is 1. The third-order valence-corrected chi connectivity index (χ3v) is 2.54. The Morgan fingerprint density at radius 1 is 1.12 bits per heavy atom. The van der Waals surface area contributed by atoms with Crippen molar-refractivity contribution in [1.82, 2.24) is 5.32 Å². The summed E-state index contributed by atoms with van der Waals surface area (Å²) in [7, 11) is 1.90. The number of hydrogen-bond donors (Lipinski definition) is 1. The van der Waals surface area contributed by atoms with Gasteiger partial charge in [-0.05, 0) is 18.7 Å². The molecule has 0 amide bonds. The first-order valence-electron chi connectivity index (χ1n) is 5.71. The van der Waals surface area contributed by atoms with Crippen molar-refractivity contribution in [1.29, 1.82) is 0 Å². The second-order valence-electron chi connectivity index (χ2n) is 3.88. The lowest BCUT2D eigenvalue weighted by Crippen LogP contribution is -2.06. The molecule has 3 heteroatoms. The first kappa shape index (κ1) is 11.9. The molecule has 0 fully saturated rings. The van der Waals surface area contributed by atoms with E-state index in [4.69, 9.17) is 9.15 Å². The topological polar surface area (TPSA) is 34.4 Å². The van der Waals surface area contributed by atoms with Gasteiger partial charge in [-0.2, -0.15) is 0 Å². The Hall–Kier alpha value is -1.58. The molecule has 0 spiro atoms. The van der Waals surface area contributed by atoms with E-state index < -0.39 is 0 Å². The molecule has 90 valence electrons. The first-order valence-corrected chi connectivity index (χ1v) is 5.71. The molecule has 17 heavy (non-hydrogen) atoms. The summed E-state index contributed by atoms with van der Waals surface area (Å²) in [5.41, 5.74) is 2.29. The van der Waals surface area contributed by atoms with Crippen LogP contribution in [0.25, 0.3) is 0 Å². The largest absolute Gasteiger partial charge is 0.468 e. The summed E-state index contributed by atoms with van der Waals surface area (Å²) in [6.45, 7) is 1.95. The Bertz CT molecular complexity index is 436. The van der Waals surface area contributed by atoms with Crippen LogP contribution in [0.15, 0.2) is 47.1 Å². The fraction of sp³-hybridized carbons (Fsp3) is 0.286. The Kier molecular flexibility index (Phi) is 4.36. The molecule has 0 unspecified atom stereocenters. The van der Waals surface area contributed by atoms with E-state index in [2.05, 4.69) is 17.4 Å². The highest BCUT2D eigenvalue weighted by atomic mass is 16.5. The summed E-state index contributed by atoms with van der Waals surface area (Å²) in [5.74, 6) is 0.945. The second-order valence-corrected chi connectivity index (χ2v) is 3.88. The number of furan rings is 1. The third-order valence-electron chi connectivity index (χ3n) is 2.54. The molecule has 0 radical (unpaired) electrons. The molecule has 0 saturated heterocycles. The Morgan fingerprint density at radius 3 is 2.71 bits per heavy atom. The Balaban J connectivity index is 1.84. The van der Waals surface area contributed by atoms with Crippen molar-refractivity contribution in [3.63, 3.8) is 0 Å². The van der Waals surface area contributed by atoms with Crippen LogP contribution in [-0.4, -0.2) is 7.05 Å². The van der Waals surface area contributed by atoms with Gasteiger partial charge >= 0.3 is 0 Å². The van der Waals surface area contributed by atoms with E-state index in [0.29, 0.717) is 13.2 Å². The van der Waals surface area contributed by atoms with Gasteiger partial charge in [0.05, 0.1) is 26.0 Å². The highest BCUT2D eigenvalue weighted by Crippen LogP contribution is 2.12. The van der Waals surface area contributed by atoms with Gasteiger partial charge in [0.15, 0.2) is 0 Å². The summed E-state index contributed by atoms with van der Waals surface area (Å²) in [4.78, 5) is 0. The summed E-state index contributed by atoms with van der Waals surface area (Å²) in [5, 5.41) is 3.07. The minimum Gasteiger partial charge on any atom is -0.468 e. The lowest BCUT2D eigenvalue weighted by atomic mass is 10.2. The van der Waals surface area contributed by atoms with E-state index in [0.717, 1.165) is 17.9 Å². The number of rotatable bonds is 6. The van der Waals surface area contributed by atoms with E-state index in [1.54, 1.807) is 6.26 Å². The van der Waals surface area contributed by atoms with Crippen LogP contribution in [-0.2, 0) is 24.5 Å². The number of benzene rings is 1. The normalized spacial score (nSPS) is 10.6. The van der Waals surface area contributed by atoms with Gasteiger partial charge in [0.1, 0.15) is 5.76 Å². The summed E-state index contributed by atoms with van der Waals surface area (Å²) < 4.78 is 11.0. The van der Waals surface area contributed by atoms with Crippen molar-refractivity contribution >= 4 is 0 Å². The molecule has 1 aromatic carbocycles. The maximum atomic E-state index is 5.66. The summed E-state index contributed by atoms with van der Waals surface area (Å²) in [6.07, 6.45) is 1.70. The SMILES string of the molecule is CNCc1occc1COCc1ccccc1. The van der Waals surface area contributed by atoms with Crippen molar-refractivity contribution in [2.45, 2.75) is 19.8 Å². The fourth-order valence-corrected chi connectivity index (χ4v) is 1.66. The molecule has 0 bridgehead atoms. The van der Waals surface area contributed by atoms with Crippen molar-refractivity contribution < 1.29 is 9.15 Å². The van der Waals surface area contributed by atoms with Crippen LogP contribution < -0.4 is 5.32 Å². The molecule has 0 atom stereocenters. The van der Waals surface area contributed by atoms with E-state index in [1.807, 2.05) is 31.3 Å². The summed E-state index contributed by atoms with van der Waals surface area (Å²) in [6, 6.07) is 12.1. The Labute approximate surface area is 101 Å². The summed E-state index contributed by atoms with van der Waals surface area (Å²) >= 11 is 0. The monoisotopic (exact) mass is 231 g/mol. The number of hydrogen-bond acceptors (Lipinski definition) is 3. The number of ether oxygens (including phenoxy) is 1. The lowest BCUT2D eigenvalue weighted by molar-refractivity contribution is 0.106. The van der Waals surface area contributed by atoms with Crippen molar-refractivity contribution in [2.75, 3.05) is 7.05 Å². The maximum absolute atomic E-state index is 5.66. The van der Waals surface area contributed by atoms with E-state index in [-0.39, 0.29) is 0 Å². The average molecular weight is 231 g/mol. The van der Waals surface area contributed by atoms with Crippen molar-refractivity contribution in [3.8, 4) is 0 Å². The quantitative estimate of drug-likeness (QED) is 0.830. The zero-order valence-corrected chi connectivity index (χ0v) is 9.98. The van der Waals surface area contributed by atoms with Crippen LogP contribution in [0.1, 0.15) is 16.9 Å². The third kappa shape index (κ3) is 3.44. The highest BCUT2D eigenvalue weighted by molar-refractivity contribution is 5.16. The predicted octanol–water partition coefficient (Wildman–Crippen LogP) is 2.72. The zero-order chi connectivity index (χ0) is 11.9. The molecular formula is C14H17NO2. The van der Waals surface area contributed by atoms with Crippen molar-refractivity contribution in [2.24, 2.45) is 0 Å². The highest BCUT2D eigenvalue weighted by Gasteiger charge is 2.05. The van der Waals surface area contributed by atoms with E-state index >= 15 is 0 Å². The second kappa shape index (κ2) is 6.23. The molecule has 3 nitrogen and oxygen atoms in total. The van der Waals surface area contributed by atoms with Crippen LogP contribution in [0.3, 0.4) is 0 Å². The van der Waals surface area contributed by atoms with Gasteiger partial charge in [-0.3, -0.25) is 0 Å². The van der Waals surface area contributed by atoms with Gasteiger partial charge in [-0.15, -0.1) is 0 Å². The van der Waals surface area contributed by atoms with Crippen LogP contribution in [0.5, 0.6) is 0 Å². The lowest BCUT2D eigenvalue weighted by Gasteiger charge is -2.04. The van der Waals surface area contributed by atoms with Gasteiger partial charge in [0.25, 0.3) is 0 Å².